The number of rotatable bonds is 1. The fraction of sp³-hybridized carbons (Fsp3) is 0.133. The van der Waals surface area contributed by atoms with Gasteiger partial charge in [0.25, 0.3) is 0 Å². The molecule has 18 heavy (non-hydrogen) atoms. The van der Waals surface area contributed by atoms with Crippen molar-refractivity contribution in [3.63, 3.8) is 0 Å². The molecule has 1 aliphatic heterocycles. The van der Waals surface area contributed by atoms with Gasteiger partial charge >= 0.3 is 0 Å². The Morgan fingerprint density at radius 2 is 1.72 bits per heavy atom. The Hall–Kier alpha value is -1.80. The van der Waals surface area contributed by atoms with Crippen LogP contribution in [0.25, 0.3) is 0 Å². The van der Waals surface area contributed by atoms with Crippen LogP contribution in [-0.4, -0.2) is 12.3 Å². The van der Waals surface area contributed by atoms with Gasteiger partial charge in [-0.25, -0.2) is 0 Å². The third kappa shape index (κ3) is 1.89. The normalized spacial score (nSPS) is 14.5. The number of benzene rings is 2. The Balaban J connectivity index is 2.07. The van der Waals surface area contributed by atoms with Crippen molar-refractivity contribution in [1.82, 2.24) is 0 Å². The van der Waals surface area contributed by atoms with Crippen LogP contribution in [0.4, 0.5) is 11.4 Å². The van der Waals surface area contributed by atoms with Crippen LogP contribution in [0.15, 0.2) is 48.5 Å². The summed E-state index contributed by atoms with van der Waals surface area (Å²) >= 11 is 5.90. The van der Waals surface area contributed by atoms with E-state index in [9.17, 15) is 4.79 Å². The van der Waals surface area contributed by atoms with Crippen LogP contribution in [0, 0.1) is 0 Å². The molecular formula is C15H12ClNO. The Bertz CT molecular complexity index is 592. The lowest BCUT2D eigenvalue weighted by Gasteiger charge is -2.30. The first kappa shape index (κ1) is 11.3. The fourth-order valence-electron chi connectivity index (χ4n) is 2.30. The number of nitrogens with zero attached hydrogens (tertiary/aromatic N) is 1. The summed E-state index contributed by atoms with van der Waals surface area (Å²) in [5.74, 6) is 0.218. The van der Waals surface area contributed by atoms with Crippen molar-refractivity contribution >= 4 is 28.8 Å². The van der Waals surface area contributed by atoms with Gasteiger partial charge in [-0.2, -0.15) is 0 Å². The standard InChI is InChI=1S/C15H12ClNO/c16-11-5-7-12(8-6-11)17-10-9-15(18)13-3-1-2-4-14(13)17/h1-8H,9-10H2. The molecule has 0 bridgehead atoms. The van der Waals surface area contributed by atoms with Crippen molar-refractivity contribution in [3.8, 4) is 0 Å². The van der Waals surface area contributed by atoms with Gasteiger partial charge in [0.2, 0.25) is 0 Å². The van der Waals surface area contributed by atoms with Crippen LogP contribution in [0.2, 0.25) is 5.02 Å². The Kier molecular flexibility index (Phi) is 2.80. The molecule has 0 aliphatic carbocycles. The highest BCUT2D eigenvalue weighted by atomic mass is 35.5. The second-order valence-corrected chi connectivity index (χ2v) is 4.75. The molecule has 0 saturated carbocycles. The van der Waals surface area contributed by atoms with Crippen molar-refractivity contribution < 1.29 is 4.79 Å². The number of hydrogen-bond donors (Lipinski definition) is 0. The van der Waals surface area contributed by atoms with Crippen molar-refractivity contribution in [2.75, 3.05) is 11.4 Å². The Morgan fingerprint density at radius 3 is 2.50 bits per heavy atom. The zero-order chi connectivity index (χ0) is 12.5. The molecule has 0 radical (unpaired) electrons. The number of halogens is 1. The average molecular weight is 258 g/mol. The van der Waals surface area contributed by atoms with Gasteiger partial charge in [0.05, 0.1) is 5.69 Å². The fourth-order valence-corrected chi connectivity index (χ4v) is 2.43. The molecule has 0 unspecified atom stereocenters. The maximum atomic E-state index is 11.9. The first-order chi connectivity index (χ1) is 8.75. The van der Waals surface area contributed by atoms with Crippen LogP contribution in [0.3, 0.4) is 0 Å². The van der Waals surface area contributed by atoms with E-state index in [1.807, 2.05) is 48.5 Å². The van der Waals surface area contributed by atoms with Gasteiger partial charge in [-0.15, -0.1) is 0 Å². The van der Waals surface area contributed by atoms with Gasteiger partial charge in [0.1, 0.15) is 0 Å². The number of fused-ring (bicyclic) bond motifs is 1. The van der Waals surface area contributed by atoms with Crippen LogP contribution >= 0.6 is 11.6 Å². The zero-order valence-corrected chi connectivity index (χ0v) is 10.5. The molecule has 3 rings (SSSR count). The summed E-state index contributed by atoms with van der Waals surface area (Å²) in [6.07, 6.45) is 0.555. The second-order valence-electron chi connectivity index (χ2n) is 4.32. The molecule has 2 aromatic rings. The predicted molar refractivity (Wildman–Crippen MR) is 73.8 cm³/mol. The van der Waals surface area contributed by atoms with E-state index in [0.717, 1.165) is 28.5 Å². The number of carbonyl (C=O) groups is 1. The highest BCUT2D eigenvalue weighted by molar-refractivity contribution is 6.30. The SMILES string of the molecule is O=C1CCN(c2ccc(Cl)cc2)c2ccccc21. The monoisotopic (exact) mass is 257 g/mol. The molecule has 0 amide bonds. The predicted octanol–water partition coefficient (Wildman–Crippen LogP) is 4.06. The molecule has 2 nitrogen and oxygen atoms in total. The minimum absolute atomic E-state index is 0.218. The molecule has 2 aromatic carbocycles. The molecule has 90 valence electrons. The lowest BCUT2D eigenvalue weighted by Crippen LogP contribution is -2.27. The topological polar surface area (TPSA) is 20.3 Å². The molecule has 0 spiro atoms. The van der Waals surface area contributed by atoms with Crippen molar-refractivity contribution in [1.29, 1.82) is 0 Å². The minimum Gasteiger partial charge on any atom is -0.340 e. The van der Waals surface area contributed by atoms with Gasteiger partial charge in [-0.05, 0) is 36.4 Å². The van der Waals surface area contributed by atoms with E-state index in [-0.39, 0.29) is 5.78 Å². The maximum Gasteiger partial charge on any atom is 0.166 e. The molecule has 1 heterocycles. The van der Waals surface area contributed by atoms with E-state index in [2.05, 4.69) is 4.90 Å². The number of Topliss-reactive ketones (excluding diaryl/α,β-unsaturated/α-hetero) is 1. The average Bonchev–Trinajstić information content (AvgIpc) is 2.41. The molecule has 0 N–H and O–H groups in total. The molecule has 0 aromatic heterocycles. The summed E-state index contributed by atoms with van der Waals surface area (Å²) in [5, 5.41) is 0.722. The maximum absolute atomic E-state index is 11.9. The number of carbonyl (C=O) groups excluding carboxylic acids is 1. The van der Waals surface area contributed by atoms with E-state index in [0.29, 0.717) is 6.42 Å². The summed E-state index contributed by atoms with van der Waals surface area (Å²) in [4.78, 5) is 14.0. The summed E-state index contributed by atoms with van der Waals surface area (Å²) in [7, 11) is 0. The van der Waals surface area contributed by atoms with Crippen molar-refractivity contribution in [2.45, 2.75) is 6.42 Å². The summed E-state index contributed by atoms with van der Waals surface area (Å²) < 4.78 is 0. The lowest BCUT2D eigenvalue weighted by molar-refractivity contribution is 0.0981. The summed E-state index contributed by atoms with van der Waals surface area (Å²) in [6, 6.07) is 15.4. The second kappa shape index (κ2) is 4.46. The highest BCUT2D eigenvalue weighted by Crippen LogP contribution is 2.33. The molecule has 1 aliphatic rings. The van der Waals surface area contributed by atoms with Gasteiger partial charge in [-0.3, -0.25) is 4.79 Å². The van der Waals surface area contributed by atoms with E-state index in [4.69, 9.17) is 11.6 Å². The van der Waals surface area contributed by atoms with Crippen LogP contribution < -0.4 is 4.90 Å². The van der Waals surface area contributed by atoms with Crippen LogP contribution in [-0.2, 0) is 0 Å². The third-order valence-corrected chi connectivity index (χ3v) is 3.45. The van der Waals surface area contributed by atoms with E-state index in [1.54, 1.807) is 0 Å². The number of hydrogen-bond acceptors (Lipinski definition) is 2. The number of ketones is 1. The van der Waals surface area contributed by atoms with E-state index in [1.165, 1.54) is 0 Å². The smallest absolute Gasteiger partial charge is 0.166 e. The number of para-hydroxylation sites is 1. The minimum atomic E-state index is 0.218. The van der Waals surface area contributed by atoms with Gasteiger partial charge in [-0.1, -0.05) is 23.7 Å². The van der Waals surface area contributed by atoms with Crippen LogP contribution in [0.5, 0.6) is 0 Å². The third-order valence-electron chi connectivity index (χ3n) is 3.20. The van der Waals surface area contributed by atoms with Gasteiger partial charge in [0.15, 0.2) is 5.78 Å². The Labute approximate surface area is 111 Å². The quantitative estimate of drug-likeness (QED) is 0.768. The van der Waals surface area contributed by atoms with Gasteiger partial charge in [0, 0.05) is 29.2 Å². The van der Waals surface area contributed by atoms with Crippen LogP contribution in [0.1, 0.15) is 16.8 Å². The Morgan fingerprint density at radius 1 is 1.00 bits per heavy atom. The summed E-state index contributed by atoms with van der Waals surface area (Å²) in [6.45, 7) is 0.720. The van der Waals surface area contributed by atoms with Crippen molar-refractivity contribution in [3.05, 3.63) is 59.1 Å². The van der Waals surface area contributed by atoms with Gasteiger partial charge < -0.3 is 4.90 Å². The first-order valence-corrected chi connectivity index (χ1v) is 6.29. The lowest BCUT2D eigenvalue weighted by atomic mass is 10.00. The van der Waals surface area contributed by atoms with E-state index >= 15 is 0 Å². The van der Waals surface area contributed by atoms with Crippen molar-refractivity contribution in [2.24, 2.45) is 0 Å². The molecule has 3 heteroatoms. The summed E-state index contributed by atoms with van der Waals surface area (Å²) in [5.41, 5.74) is 2.86. The molecular weight excluding hydrogens is 246 g/mol. The number of anilines is 2. The first-order valence-electron chi connectivity index (χ1n) is 5.91. The molecule has 0 saturated heterocycles. The largest absolute Gasteiger partial charge is 0.340 e. The highest BCUT2D eigenvalue weighted by Gasteiger charge is 2.23. The molecule has 0 atom stereocenters. The zero-order valence-electron chi connectivity index (χ0n) is 9.77. The van der Waals surface area contributed by atoms with E-state index < -0.39 is 0 Å². The molecule has 0 fully saturated rings.